The summed E-state index contributed by atoms with van der Waals surface area (Å²) >= 11 is 7.26. The minimum atomic E-state index is -0.212. The second kappa shape index (κ2) is 6.29. The van der Waals surface area contributed by atoms with Gasteiger partial charge in [-0.05, 0) is 25.1 Å². The molecule has 0 radical (unpaired) electrons. The number of carbonyl (C=O) groups is 1. The van der Waals surface area contributed by atoms with Gasteiger partial charge in [0.25, 0.3) is 5.91 Å². The summed E-state index contributed by atoms with van der Waals surface area (Å²) in [6.07, 6.45) is 1.61. The molecule has 7 heteroatoms. The summed E-state index contributed by atoms with van der Waals surface area (Å²) in [5, 5.41) is 10.0. The van der Waals surface area contributed by atoms with Gasteiger partial charge in [-0.3, -0.25) is 14.8 Å². The van der Waals surface area contributed by atoms with Crippen molar-refractivity contribution in [2.75, 3.05) is 5.32 Å². The number of aryl methyl sites for hydroxylation is 1. The lowest BCUT2D eigenvalue weighted by atomic mass is 10.2. The van der Waals surface area contributed by atoms with Crippen LogP contribution in [-0.4, -0.2) is 20.7 Å². The smallest absolute Gasteiger partial charge is 0.275 e. The van der Waals surface area contributed by atoms with Gasteiger partial charge in [0.15, 0.2) is 5.13 Å². The minimum absolute atomic E-state index is 0.212. The molecule has 2 aromatic heterocycles. The SMILES string of the molecule is CCn1nccc1C(=O)Nc1nc(-c2ccc(Cl)cc2)cs1. The lowest BCUT2D eigenvalue weighted by Crippen LogP contribution is -2.17. The first-order valence-corrected chi connectivity index (χ1v) is 7.97. The number of amides is 1. The van der Waals surface area contributed by atoms with Gasteiger partial charge in [0, 0.05) is 28.7 Å². The van der Waals surface area contributed by atoms with Crippen LogP contribution in [-0.2, 0) is 6.54 Å². The van der Waals surface area contributed by atoms with E-state index in [0.717, 1.165) is 11.3 Å². The molecular weight excluding hydrogens is 320 g/mol. The van der Waals surface area contributed by atoms with E-state index >= 15 is 0 Å². The number of halogens is 1. The van der Waals surface area contributed by atoms with Crippen molar-refractivity contribution < 1.29 is 4.79 Å². The zero-order valence-electron chi connectivity index (χ0n) is 11.8. The molecule has 1 N–H and O–H groups in total. The zero-order valence-corrected chi connectivity index (χ0v) is 13.4. The highest BCUT2D eigenvalue weighted by Crippen LogP contribution is 2.26. The van der Waals surface area contributed by atoms with Crippen molar-refractivity contribution in [1.29, 1.82) is 0 Å². The van der Waals surface area contributed by atoms with E-state index in [1.807, 2.05) is 36.6 Å². The molecule has 112 valence electrons. The van der Waals surface area contributed by atoms with Crippen LogP contribution in [0.5, 0.6) is 0 Å². The maximum atomic E-state index is 12.2. The molecule has 3 aromatic rings. The molecule has 5 nitrogen and oxygen atoms in total. The molecule has 1 amide bonds. The molecule has 2 heterocycles. The Labute approximate surface area is 136 Å². The molecule has 0 saturated heterocycles. The summed E-state index contributed by atoms with van der Waals surface area (Å²) in [6, 6.07) is 9.11. The average Bonchev–Trinajstić information content (AvgIpc) is 3.16. The fourth-order valence-corrected chi connectivity index (χ4v) is 2.86. The number of thiazole rings is 1. The molecule has 0 saturated carbocycles. The van der Waals surface area contributed by atoms with Crippen molar-refractivity contribution >= 4 is 34.0 Å². The Kier molecular flexibility index (Phi) is 4.22. The summed E-state index contributed by atoms with van der Waals surface area (Å²) in [5.74, 6) is -0.212. The Balaban J connectivity index is 1.77. The Hall–Kier alpha value is -2.18. The van der Waals surface area contributed by atoms with E-state index in [2.05, 4.69) is 15.4 Å². The molecule has 3 rings (SSSR count). The topological polar surface area (TPSA) is 59.8 Å². The molecule has 0 aliphatic carbocycles. The van der Waals surface area contributed by atoms with Gasteiger partial charge in [0.1, 0.15) is 5.69 Å². The second-order valence-electron chi connectivity index (χ2n) is 4.53. The van der Waals surface area contributed by atoms with Gasteiger partial charge in [0.05, 0.1) is 5.69 Å². The van der Waals surface area contributed by atoms with Crippen LogP contribution in [0.3, 0.4) is 0 Å². The fourth-order valence-electron chi connectivity index (χ4n) is 2.02. The van der Waals surface area contributed by atoms with Gasteiger partial charge < -0.3 is 0 Å². The standard InChI is InChI=1S/C15H13ClN4OS/c1-2-20-13(7-8-17-20)14(21)19-15-18-12(9-22-15)10-3-5-11(16)6-4-10/h3-9H,2H2,1H3,(H,18,19,21). The first-order valence-electron chi connectivity index (χ1n) is 6.72. The number of benzene rings is 1. The molecule has 1 aromatic carbocycles. The normalized spacial score (nSPS) is 10.6. The number of hydrogen-bond acceptors (Lipinski definition) is 4. The van der Waals surface area contributed by atoms with Gasteiger partial charge in [-0.15, -0.1) is 11.3 Å². The number of carbonyl (C=O) groups excluding carboxylic acids is 1. The van der Waals surface area contributed by atoms with E-state index in [4.69, 9.17) is 11.6 Å². The summed E-state index contributed by atoms with van der Waals surface area (Å²) in [5.41, 5.74) is 2.28. The van der Waals surface area contributed by atoms with E-state index < -0.39 is 0 Å². The maximum absolute atomic E-state index is 12.2. The minimum Gasteiger partial charge on any atom is -0.296 e. The first kappa shape index (κ1) is 14.7. The average molecular weight is 333 g/mol. The van der Waals surface area contributed by atoms with Gasteiger partial charge in [0.2, 0.25) is 0 Å². The predicted octanol–water partition coefficient (Wildman–Crippen LogP) is 3.93. The summed E-state index contributed by atoms with van der Waals surface area (Å²) in [7, 11) is 0. The summed E-state index contributed by atoms with van der Waals surface area (Å²) in [6.45, 7) is 2.58. The Morgan fingerprint density at radius 1 is 1.32 bits per heavy atom. The van der Waals surface area contributed by atoms with Crippen molar-refractivity contribution in [3.8, 4) is 11.3 Å². The molecule has 0 aliphatic heterocycles. The van der Waals surface area contributed by atoms with Crippen molar-refractivity contribution in [2.45, 2.75) is 13.5 Å². The van der Waals surface area contributed by atoms with Crippen molar-refractivity contribution in [3.63, 3.8) is 0 Å². The van der Waals surface area contributed by atoms with Crippen molar-refractivity contribution in [3.05, 3.63) is 52.6 Å². The van der Waals surface area contributed by atoms with E-state index in [1.165, 1.54) is 11.3 Å². The lowest BCUT2D eigenvalue weighted by molar-refractivity contribution is 0.101. The zero-order chi connectivity index (χ0) is 15.5. The molecular formula is C15H13ClN4OS. The highest BCUT2D eigenvalue weighted by atomic mass is 35.5. The van der Waals surface area contributed by atoms with Crippen molar-refractivity contribution in [1.82, 2.24) is 14.8 Å². The monoisotopic (exact) mass is 332 g/mol. The Morgan fingerprint density at radius 3 is 2.82 bits per heavy atom. The Morgan fingerprint density at radius 2 is 2.09 bits per heavy atom. The van der Waals surface area contributed by atoms with Crippen LogP contribution in [0.25, 0.3) is 11.3 Å². The van der Waals surface area contributed by atoms with E-state index in [0.29, 0.717) is 22.4 Å². The molecule has 22 heavy (non-hydrogen) atoms. The highest BCUT2D eigenvalue weighted by molar-refractivity contribution is 7.14. The van der Waals surface area contributed by atoms with E-state index in [-0.39, 0.29) is 5.91 Å². The number of aromatic nitrogens is 3. The van der Waals surface area contributed by atoms with E-state index in [1.54, 1.807) is 16.9 Å². The number of anilines is 1. The fraction of sp³-hybridized carbons (Fsp3) is 0.133. The molecule has 0 bridgehead atoms. The molecule has 0 aliphatic rings. The third-order valence-electron chi connectivity index (χ3n) is 3.11. The number of rotatable bonds is 4. The van der Waals surface area contributed by atoms with Crippen LogP contribution in [0, 0.1) is 0 Å². The van der Waals surface area contributed by atoms with Gasteiger partial charge >= 0.3 is 0 Å². The highest BCUT2D eigenvalue weighted by Gasteiger charge is 2.13. The van der Waals surface area contributed by atoms with Crippen LogP contribution >= 0.6 is 22.9 Å². The van der Waals surface area contributed by atoms with Crippen LogP contribution < -0.4 is 5.32 Å². The third-order valence-corrected chi connectivity index (χ3v) is 4.12. The van der Waals surface area contributed by atoms with Crippen LogP contribution in [0.2, 0.25) is 5.02 Å². The van der Waals surface area contributed by atoms with Gasteiger partial charge in [-0.1, -0.05) is 23.7 Å². The number of nitrogens with one attached hydrogen (secondary N) is 1. The van der Waals surface area contributed by atoms with Gasteiger partial charge in [-0.25, -0.2) is 4.98 Å². The largest absolute Gasteiger partial charge is 0.296 e. The van der Waals surface area contributed by atoms with Crippen LogP contribution in [0.15, 0.2) is 41.9 Å². The Bertz CT molecular complexity index is 794. The summed E-state index contributed by atoms with van der Waals surface area (Å²) < 4.78 is 1.64. The molecule has 0 fully saturated rings. The molecule has 0 spiro atoms. The maximum Gasteiger partial charge on any atom is 0.275 e. The molecule has 0 atom stereocenters. The number of nitrogens with zero attached hydrogens (tertiary/aromatic N) is 3. The van der Waals surface area contributed by atoms with E-state index in [9.17, 15) is 4.79 Å². The summed E-state index contributed by atoms with van der Waals surface area (Å²) in [4.78, 5) is 16.7. The van der Waals surface area contributed by atoms with Gasteiger partial charge in [-0.2, -0.15) is 5.10 Å². The third kappa shape index (κ3) is 3.03. The first-order chi connectivity index (χ1) is 10.7. The van der Waals surface area contributed by atoms with Crippen LogP contribution in [0.1, 0.15) is 17.4 Å². The lowest BCUT2D eigenvalue weighted by Gasteiger charge is -2.03. The predicted molar refractivity (Wildman–Crippen MR) is 88.4 cm³/mol. The second-order valence-corrected chi connectivity index (χ2v) is 5.83. The van der Waals surface area contributed by atoms with Crippen molar-refractivity contribution in [2.24, 2.45) is 0 Å². The van der Waals surface area contributed by atoms with Crippen LogP contribution in [0.4, 0.5) is 5.13 Å². The number of hydrogen-bond donors (Lipinski definition) is 1. The quantitative estimate of drug-likeness (QED) is 0.787. The molecule has 0 unspecified atom stereocenters.